The summed E-state index contributed by atoms with van der Waals surface area (Å²) < 4.78 is 2.36. The number of hydrogen-bond acceptors (Lipinski definition) is 3. The van der Waals surface area contributed by atoms with Crippen molar-refractivity contribution in [1.82, 2.24) is 9.55 Å². The van der Waals surface area contributed by atoms with E-state index in [-0.39, 0.29) is 6.04 Å². The molecule has 1 heterocycles. The predicted octanol–water partition coefficient (Wildman–Crippen LogP) is 2.81. The smallest absolute Gasteiger partial charge is 0.205 e. The molecule has 0 aromatic carbocycles. The second-order valence-corrected chi connectivity index (χ2v) is 6.19. The summed E-state index contributed by atoms with van der Waals surface area (Å²) in [6.45, 7) is 5.34. The lowest BCUT2D eigenvalue weighted by Gasteiger charge is -2.25. The molecule has 0 radical (unpaired) electrons. The van der Waals surface area contributed by atoms with E-state index in [1.165, 1.54) is 25.7 Å². The Morgan fingerprint density at radius 3 is 2.74 bits per heavy atom. The lowest BCUT2D eigenvalue weighted by molar-refractivity contribution is 0.460. The monoisotopic (exact) mass is 264 g/mol. The molecule has 2 N–H and O–H groups in total. The number of anilines is 1. The molecule has 0 saturated heterocycles. The fourth-order valence-corrected chi connectivity index (χ4v) is 2.84. The Morgan fingerprint density at radius 1 is 1.42 bits per heavy atom. The van der Waals surface area contributed by atoms with E-state index < -0.39 is 0 Å². The molecule has 1 aliphatic rings. The van der Waals surface area contributed by atoms with Crippen molar-refractivity contribution in [3.8, 4) is 0 Å². The number of imidazole rings is 1. The molecule has 1 unspecified atom stereocenters. The first-order valence-electron chi connectivity index (χ1n) is 7.59. The number of aromatic nitrogens is 2. The van der Waals surface area contributed by atoms with E-state index in [0.717, 1.165) is 18.9 Å². The molecule has 1 fully saturated rings. The maximum absolute atomic E-state index is 6.12. The second kappa shape index (κ2) is 6.42. The summed E-state index contributed by atoms with van der Waals surface area (Å²) in [5, 5.41) is 0. The van der Waals surface area contributed by atoms with Crippen LogP contribution in [0.3, 0.4) is 0 Å². The highest BCUT2D eigenvalue weighted by Gasteiger charge is 2.21. The van der Waals surface area contributed by atoms with Crippen LogP contribution in [-0.2, 0) is 0 Å². The third-order valence-corrected chi connectivity index (χ3v) is 4.36. The molecule has 1 atom stereocenters. The predicted molar refractivity (Wildman–Crippen MR) is 80.4 cm³/mol. The molecule has 1 aromatic rings. The molecule has 108 valence electrons. The molecule has 0 bridgehead atoms. The van der Waals surface area contributed by atoms with E-state index in [2.05, 4.69) is 41.5 Å². The summed E-state index contributed by atoms with van der Waals surface area (Å²) in [7, 11) is 2.13. The van der Waals surface area contributed by atoms with Gasteiger partial charge in [-0.25, -0.2) is 4.98 Å². The highest BCUT2D eigenvalue weighted by molar-refractivity contribution is 5.30. The molecule has 1 aromatic heterocycles. The van der Waals surface area contributed by atoms with Gasteiger partial charge in [0.1, 0.15) is 0 Å². The van der Waals surface area contributed by atoms with Crippen molar-refractivity contribution in [3.63, 3.8) is 0 Å². The van der Waals surface area contributed by atoms with E-state index in [1.54, 1.807) is 0 Å². The van der Waals surface area contributed by atoms with Gasteiger partial charge in [-0.15, -0.1) is 0 Å². The summed E-state index contributed by atoms with van der Waals surface area (Å²) in [6.07, 6.45) is 10.4. The van der Waals surface area contributed by atoms with Gasteiger partial charge in [-0.05, 0) is 25.2 Å². The third-order valence-electron chi connectivity index (χ3n) is 4.36. The van der Waals surface area contributed by atoms with Crippen LogP contribution in [0.2, 0.25) is 0 Å². The van der Waals surface area contributed by atoms with Gasteiger partial charge in [-0.2, -0.15) is 0 Å². The van der Waals surface area contributed by atoms with Gasteiger partial charge in [0.05, 0.1) is 0 Å². The average Bonchev–Trinajstić information content (AvgIpc) is 3.04. The van der Waals surface area contributed by atoms with Crippen molar-refractivity contribution >= 4 is 5.95 Å². The Kier molecular flexibility index (Phi) is 4.86. The van der Waals surface area contributed by atoms with Crippen molar-refractivity contribution in [1.29, 1.82) is 0 Å². The zero-order chi connectivity index (χ0) is 13.8. The molecule has 0 amide bonds. The Balaban J connectivity index is 1.95. The van der Waals surface area contributed by atoms with Gasteiger partial charge in [0.25, 0.3) is 0 Å². The average molecular weight is 264 g/mol. The van der Waals surface area contributed by atoms with Crippen LogP contribution < -0.4 is 10.6 Å². The van der Waals surface area contributed by atoms with Crippen LogP contribution in [0.25, 0.3) is 0 Å². The first-order chi connectivity index (χ1) is 9.09. The third kappa shape index (κ3) is 3.50. The molecule has 4 heteroatoms. The normalized spacial score (nSPS) is 18.2. The van der Waals surface area contributed by atoms with Crippen LogP contribution in [0.15, 0.2) is 12.4 Å². The number of hydrogen-bond donors (Lipinski definition) is 1. The van der Waals surface area contributed by atoms with Crippen LogP contribution in [-0.4, -0.2) is 29.2 Å². The van der Waals surface area contributed by atoms with Crippen LogP contribution >= 0.6 is 0 Å². The fraction of sp³-hybridized carbons (Fsp3) is 0.800. The quantitative estimate of drug-likeness (QED) is 0.859. The maximum atomic E-state index is 6.12. The molecule has 1 aliphatic carbocycles. The summed E-state index contributed by atoms with van der Waals surface area (Å²) in [6, 6.07) is 0.927. The van der Waals surface area contributed by atoms with Crippen LogP contribution in [0, 0.1) is 5.92 Å². The molecule has 1 saturated carbocycles. The molecular weight excluding hydrogens is 236 g/mol. The standard InChI is InChI=1S/C15H28N4/c1-12(2)14(16)8-10-18(3)15-17-9-11-19(15)13-6-4-5-7-13/h9,11-14H,4-8,10,16H2,1-3H3. The van der Waals surface area contributed by atoms with E-state index >= 15 is 0 Å². The Morgan fingerprint density at radius 2 is 2.11 bits per heavy atom. The molecular formula is C15H28N4. The van der Waals surface area contributed by atoms with E-state index in [0.29, 0.717) is 12.0 Å². The number of rotatable bonds is 6. The molecule has 2 rings (SSSR count). The summed E-state index contributed by atoms with van der Waals surface area (Å²) in [5.74, 6) is 1.64. The maximum Gasteiger partial charge on any atom is 0.205 e. The van der Waals surface area contributed by atoms with Crippen molar-refractivity contribution in [2.24, 2.45) is 11.7 Å². The SMILES string of the molecule is CC(C)C(N)CCN(C)c1nccn1C1CCCC1. The van der Waals surface area contributed by atoms with Gasteiger partial charge in [-0.1, -0.05) is 26.7 Å². The number of nitrogens with two attached hydrogens (primary N) is 1. The Bertz CT molecular complexity index is 379. The van der Waals surface area contributed by atoms with Crippen molar-refractivity contribution in [2.75, 3.05) is 18.5 Å². The van der Waals surface area contributed by atoms with Crippen LogP contribution in [0.4, 0.5) is 5.95 Å². The van der Waals surface area contributed by atoms with Crippen molar-refractivity contribution < 1.29 is 0 Å². The summed E-state index contributed by atoms with van der Waals surface area (Å²) in [5.41, 5.74) is 6.12. The number of nitrogens with zero attached hydrogens (tertiary/aromatic N) is 3. The van der Waals surface area contributed by atoms with Gasteiger partial charge in [0.2, 0.25) is 5.95 Å². The van der Waals surface area contributed by atoms with E-state index in [4.69, 9.17) is 5.73 Å². The molecule has 4 nitrogen and oxygen atoms in total. The van der Waals surface area contributed by atoms with Crippen molar-refractivity contribution in [2.45, 2.75) is 58.0 Å². The van der Waals surface area contributed by atoms with Gasteiger partial charge >= 0.3 is 0 Å². The van der Waals surface area contributed by atoms with Crippen LogP contribution in [0.1, 0.15) is 52.0 Å². The lowest BCUT2D eigenvalue weighted by Crippen LogP contribution is -2.33. The largest absolute Gasteiger partial charge is 0.345 e. The highest BCUT2D eigenvalue weighted by Crippen LogP contribution is 2.32. The molecule has 0 aliphatic heterocycles. The van der Waals surface area contributed by atoms with E-state index in [1.807, 2.05) is 6.20 Å². The summed E-state index contributed by atoms with van der Waals surface area (Å²) >= 11 is 0. The van der Waals surface area contributed by atoms with Gasteiger partial charge in [0, 0.05) is 38.1 Å². The van der Waals surface area contributed by atoms with Gasteiger partial charge in [0.15, 0.2) is 0 Å². The minimum Gasteiger partial charge on any atom is -0.345 e. The highest BCUT2D eigenvalue weighted by atomic mass is 15.3. The summed E-state index contributed by atoms with van der Waals surface area (Å²) in [4.78, 5) is 6.78. The zero-order valence-electron chi connectivity index (χ0n) is 12.5. The minimum atomic E-state index is 0.275. The second-order valence-electron chi connectivity index (χ2n) is 6.19. The Hall–Kier alpha value is -1.03. The lowest BCUT2D eigenvalue weighted by atomic mass is 10.0. The molecule has 0 spiro atoms. The zero-order valence-corrected chi connectivity index (χ0v) is 12.5. The topological polar surface area (TPSA) is 47.1 Å². The Labute approximate surface area is 117 Å². The van der Waals surface area contributed by atoms with Crippen molar-refractivity contribution in [3.05, 3.63) is 12.4 Å². The minimum absolute atomic E-state index is 0.275. The van der Waals surface area contributed by atoms with Crippen LogP contribution in [0.5, 0.6) is 0 Å². The first-order valence-corrected chi connectivity index (χ1v) is 7.59. The molecule has 19 heavy (non-hydrogen) atoms. The van der Waals surface area contributed by atoms with E-state index in [9.17, 15) is 0 Å². The van der Waals surface area contributed by atoms with Gasteiger partial charge < -0.3 is 15.2 Å². The van der Waals surface area contributed by atoms with Gasteiger partial charge in [-0.3, -0.25) is 0 Å². The first kappa shape index (κ1) is 14.4. The fourth-order valence-electron chi connectivity index (χ4n) is 2.84.